The van der Waals surface area contributed by atoms with Crippen molar-refractivity contribution in [1.82, 2.24) is 0 Å². The van der Waals surface area contributed by atoms with Crippen LogP contribution >= 0.6 is 0 Å². The highest BCUT2D eigenvalue weighted by atomic mass is 16.4. The Hall–Kier alpha value is -0.650. The highest BCUT2D eigenvalue weighted by Crippen LogP contribution is 2.19. The molecule has 0 saturated heterocycles. The van der Waals surface area contributed by atoms with Crippen LogP contribution in [0.15, 0.2) is 0 Å². The smallest absolute Gasteiger partial charge is 0.306 e. The third kappa shape index (κ3) is 13.6. The highest BCUT2D eigenvalue weighted by Gasteiger charge is 2.23. The van der Waals surface area contributed by atoms with Crippen molar-refractivity contribution in [1.29, 1.82) is 0 Å². The molecule has 0 aliphatic carbocycles. The zero-order valence-electron chi connectivity index (χ0n) is 12.4. The first kappa shape index (κ1) is 20.7. The molecule has 0 spiro atoms. The molecule has 0 amide bonds. The van der Waals surface area contributed by atoms with Crippen LogP contribution in [-0.2, 0) is 4.79 Å². The Kier molecular flexibility index (Phi) is 15.0. The van der Waals surface area contributed by atoms with Gasteiger partial charge in [0.1, 0.15) is 0 Å². The predicted molar refractivity (Wildman–Crippen MR) is 74.9 cm³/mol. The number of aliphatic hydroxyl groups is 3. The molecule has 0 heterocycles. The molecule has 5 nitrogen and oxygen atoms in total. The van der Waals surface area contributed by atoms with Gasteiger partial charge in [0.25, 0.3) is 0 Å². The Balaban J connectivity index is 0. The molecule has 0 fully saturated rings. The van der Waals surface area contributed by atoms with Gasteiger partial charge < -0.3 is 20.4 Å². The van der Waals surface area contributed by atoms with Gasteiger partial charge in [0.15, 0.2) is 0 Å². The maximum atomic E-state index is 10.9. The molecule has 4 N–H and O–H groups in total. The van der Waals surface area contributed by atoms with Crippen LogP contribution in [0.2, 0.25) is 0 Å². The van der Waals surface area contributed by atoms with E-state index in [1.54, 1.807) is 6.92 Å². The quantitative estimate of drug-likeness (QED) is 0.481. The minimum absolute atomic E-state index is 0.0370. The molecule has 5 heteroatoms. The summed E-state index contributed by atoms with van der Waals surface area (Å²) in [4.78, 5) is 10.9. The second-order valence-corrected chi connectivity index (χ2v) is 4.99. The Morgan fingerprint density at radius 2 is 1.58 bits per heavy atom. The van der Waals surface area contributed by atoms with Gasteiger partial charge in [0.05, 0.1) is 18.6 Å². The third-order valence-corrected chi connectivity index (χ3v) is 2.92. The van der Waals surface area contributed by atoms with Gasteiger partial charge in [-0.1, -0.05) is 39.5 Å². The summed E-state index contributed by atoms with van der Waals surface area (Å²) in [7, 11) is 0. The fourth-order valence-electron chi connectivity index (χ4n) is 1.57. The van der Waals surface area contributed by atoms with E-state index in [1.165, 1.54) is 13.3 Å². The van der Waals surface area contributed by atoms with Gasteiger partial charge in [-0.05, 0) is 19.3 Å². The van der Waals surface area contributed by atoms with E-state index in [9.17, 15) is 4.79 Å². The average Bonchev–Trinajstić information content (AvgIpc) is 2.38. The molecule has 0 aromatic heterocycles. The highest BCUT2D eigenvalue weighted by molar-refractivity contribution is 5.70. The summed E-state index contributed by atoms with van der Waals surface area (Å²) < 4.78 is 0. The third-order valence-electron chi connectivity index (χ3n) is 2.92. The number of carboxylic acid groups (broad SMARTS) is 1. The molecule has 0 rings (SSSR count). The van der Waals surface area contributed by atoms with Crippen molar-refractivity contribution in [3.63, 3.8) is 0 Å². The molecular weight excluding hydrogens is 248 g/mol. The normalized spacial score (nSPS) is 15.1. The molecule has 0 bridgehead atoms. The number of hydrogen-bond donors (Lipinski definition) is 4. The summed E-state index contributed by atoms with van der Waals surface area (Å²) in [6.07, 6.45) is 4.51. The minimum Gasteiger partial charge on any atom is -0.481 e. The SMILES string of the molecule is CC(O)CO.CCCCCCC(C(=O)O)C(C)CO. The van der Waals surface area contributed by atoms with Gasteiger partial charge in [0.2, 0.25) is 0 Å². The first-order chi connectivity index (χ1) is 8.90. The van der Waals surface area contributed by atoms with Crippen molar-refractivity contribution < 1.29 is 25.2 Å². The van der Waals surface area contributed by atoms with Crippen LogP contribution in [0.25, 0.3) is 0 Å². The van der Waals surface area contributed by atoms with Crippen LogP contribution in [-0.4, -0.2) is 45.7 Å². The summed E-state index contributed by atoms with van der Waals surface area (Å²) in [5.41, 5.74) is 0. The Morgan fingerprint density at radius 3 is 1.89 bits per heavy atom. The van der Waals surface area contributed by atoms with Crippen molar-refractivity contribution in [2.75, 3.05) is 13.2 Å². The summed E-state index contributed by atoms with van der Waals surface area (Å²) in [5, 5.41) is 33.8. The van der Waals surface area contributed by atoms with E-state index in [0.717, 1.165) is 19.3 Å². The van der Waals surface area contributed by atoms with Crippen molar-refractivity contribution >= 4 is 5.97 Å². The number of unbranched alkanes of at least 4 members (excludes halogenated alkanes) is 3. The maximum Gasteiger partial charge on any atom is 0.306 e. The van der Waals surface area contributed by atoms with Crippen molar-refractivity contribution in [2.24, 2.45) is 11.8 Å². The average molecular weight is 278 g/mol. The summed E-state index contributed by atoms with van der Waals surface area (Å²) in [6.45, 7) is 5.27. The molecule has 3 unspecified atom stereocenters. The lowest BCUT2D eigenvalue weighted by molar-refractivity contribution is -0.144. The Bertz CT molecular complexity index is 206. The molecule has 0 aromatic rings. The predicted octanol–water partition coefficient (Wildman–Crippen LogP) is 1.65. The van der Waals surface area contributed by atoms with Crippen LogP contribution in [0.5, 0.6) is 0 Å². The molecule has 0 saturated carbocycles. The fraction of sp³-hybridized carbons (Fsp3) is 0.929. The molecule has 19 heavy (non-hydrogen) atoms. The second-order valence-electron chi connectivity index (χ2n) is 4.99. The largest absolute Gasteiger partial charge is 0.481 e. The zero-order chi connectivity index (χ0) is 15.3. The molecule has 0 aromatic carbocycles. The van der Waals surface area contributed by atoms with E-state index < -0.39 is 12.1 Å². The maximum absolute atomic E-state index is 10.9. The van der Waals surface area contributed by atoms with E-state index in [2.05, 4.69) is 6.92 Å². The Labute approximate surface area is 116 Å². The standard InChI is InChI=1S/C11H22O3.C3H8O2/c1-3-4-5-6-7-10(11(13)14)9(2)8-12;1-3(5)2-4/h9-10,12H,3-8H2,1-2H3,(H,13,14);3-5H,2H2,1H3. The lowest BCUT2D eigenvalue weighted by Crippen LogP contribution is -2.24. The number of rotatable bonds is 9. The van der Waals surface area contributed by atoms with Gasteiger partial charge in [-0.3, -0.25) is 4.79 Å². The summed E-state index contributed by atoms with van der Waals surface area (Å²) in [5.74, 6) is -1.28. The van der Waals surface area contributed by atoms with Crippen LogP contribution in [0, 0.1) is 11.8 Å². The monoisotopic (exact) mass is 278 g/mol. The number of hydrogen-bond acceptors (Lipinski definition) is 4. The van der Waals surface area contributed by atoms with E-state index >= 15 is 0 Å². The lowest BCUT2D eigenvalue weighted by Gasteiger charge is -2.17. The zero-order valence-corrected chi connectivity index (χ0v) is 12.4. The second kappa shape index (κ2) is 13.8. The van der Waals surface area contributed by atoms with E-state index in [1.807, 2.05) is 0 Å². The van der Waals surface area contributed by atoms with Gasteiger partial charge in [0, 0.05) is 6.61 Å². The van der Waals surface area contributed by atoms with Crippen LogP contribution in [0.1, 0.15) is 52.9 Å². The molecule has 0 aliphatic rings. The number of aliphatic carboxylic acids is 1. The van der Waals surface area contributed by atoms with Crippen LogP contribution in [0.3, 0.4) is 0 Å². The molecule has 3 atom stereocenters. The van der Waals surface area contributed by atoms with Gasteiger partial charge in [-0.2, -0.15) is 0 Å². The number of aliphatic hydroxyl groups excluding tert-OH is 3. The number of carbonyl (C=O) groups is 1. The molecule has 0 radical (unpaired) electrons. The van der Waals surface area contributed by atoms with Crippen molar-refractivity contribution in [2.45, 2.75) is 59.0 Å². The van der Waals surface area contributed by atoms with E-state index in [0.29, 0.717) is 6.42 Å². The topological polar surface area (TPSA) is 98.0 Å². The lowest BCUT2D eigenvalue weighted by atomic mass is 9.89. The van der Waals surface area contributed by atoms with Gasteiger partial charge in [-0.15, -0.1) is 0 Å². The Morgan fingerprint density at radius 1 is 1.05 bits per heavy atom. The molecular formula is C14H30O5. The van der Waals surface area contributed by atoms with Crippen LogP contribution < -0.4 is 0 Å². The van der Waals surface area contributed by atoms with Crippen molar-refractivity contribution in [3.05, 3.63) is 0 Å². The molecule has 116 valence electrons. The van der Waals surface area contributed by atoms with Crippen molar-refractivity contribution in [3.8, 4) is 0 Å². The summed E-state index contributed by atoms with van der Waals surface area (Å²) in [6, 6.07) is 0. The molecule has 0 aliphatic heterocycles. The first-order valence-electron chi connectivity index (χ1n) is 7.03. The van der Waals surface area contributed by atoms with Gasteiger partial charge in [-0.25, -0.2) is 0 Å². The fourth-order valence-corrected chi connectivity index (χ4v) is 1.57. The minimum atomic E-state index is -0.775. The van der Waals surface area contributed by atoms with E-state index in [4.69, 9.17) is 20.4 Å². The van der Waals surface area contributed by atoms with Crippen LogP contribution in [0.4, 0.5) is 0 Å². The first-order valence-corrected chi connectivity index (χ1v) is 7.03. The van der Waals surface area contributed by atoms with Gasteiger partial charge >= 0.3 is 5.97 Å². The number of carboxylic acids is 1. The van der Waals surface area contributed by atoms with E-state index in [-0.39, 0.29) is 25.0 Å². The summed E-state index contributed by atoms with van der Waals surface area (Å²) >= 11 is 0.